The summed E-state index contributed by atoms with van der Waals surface area (Å²) < 4.78 is 0. The Bertz CT molecular complexity index is 980. The molecule has 0 bridgehead atoms. The van der Waals surface area contributed by atoms with Gasteiger partial charge in [0.1, 0.15) is 16.5 Å². The molecular formula is C22H27N5OS. The third-order valence-corrected chi connectivity index (χ3v) is 6.46. The van der Waals surface area contributed by atoms with Crippen LogP contribution in [0.15, 0.2) is 36.4 Å². The van der Waals surface area contributed by atoms with Crippen LogP contribution in [-0.4, -0.2) is 58.4 Å². The van der Waals surface area contributed by atoms with E-state index in [-0.39, 0.29) is 12.5 Å². The van der Waals surface area contributed by atoms with Crippen molar-refractivity contribution in [3.8, 4) is 0 Å². The first-order chi connectivity index (χ1) is 14.1. The van der Waals surface area contributed by atoms with Crippen LogP contribution >= 0.6 is 11.3 Å². The van der Waals surface area contributed by atoms with Crippen molar-refractivity contribution in [3.05, 3.63) is 52.7 Å². The Morgan fingerprint density at radius 1 is 1.14 bits per heavy atom. The Kier molecular flexibility index (Phi) is 6.06. The van der Waals surface area contributed by atoms with Crippen LogP contribution in [0.3, 0.4) is 0 Å². The number of aryl methyl sites for hydroxylation is 2. The molecule has 0 unspecified atom stereocenters. The summed E-state index contributed by atoms with van der Waals surface area (Å²) in [6, 6.07) is 12.6. The van der Waals surface area contributed by atoms with Gasteiger partial charge in [0.2, 0.25) is 5.91 Å². The number of nitrogens with zero attached hydrogens (tertiary/aromatic N) is 4. The number of aromatic nitrogens is 2. The van der Waals surface area contributed by atoms with E-state index in [1.165, 1.54) is 10.4 Å². The predicted molar refractivity (Wildman–Crippen MR) is 118 cm³/mol. The van der Waals surface area contributed by atoms with Gasteiger partial charge in [-0.05, 0) is 25.0 Å². The van der Waals surface area contributed by atoms with Gasteiger partial charge in [0, 0.05) is 37.6 Å². The molecular weight excluding hydrogens is 382 g/mol. The lowest BCUT2D eigenvalue weighted by atomic mass is 10.2. The average molecular weight is 410 g/mol. The van der Waals surface area contributed by atoms with E-state index >= 15 is 0 Å². The fourth-order valence-electron chi connectivity index (χ4n) is 3.66. The van der Waals surface area contributed by atoms with Crippen molar-refractivity contribution < 1.29 is 4.79 Å². The maximum atomic E-state index is 12.7. The van der Waals surface area contributed by atoms with E-state index in [9.17, 15) is 4.79 Å². The Labute approximate surface area is 175 Å². The lowest BCUT2D eigenvalue weighted by molar-refractivity contribution is -0.131. The summed E-state index contributed by atoms with van der Waals surface area (Å²) in [6.45, 7) is 8.58. The Hall–Kier alpha value is -2.51. The van der Waals surface area contributed by atoms with Crippen molar-refractivity contribution in [3.63, 3.8) is 0 Å². The summed E-state index contributed by atoms with van der Waals surface area (Å²) in [5.74, 6) is 1.62. The Morgan fingerprint density at radius 3 is 2.62 bits per heavy atom. The van der Waals surface area contributed by atoms with Gasteiger partial charge in [0.05, 0.1) is 11.9 Å². The largest absolute Gasteiger partial charge is 0.360 e. The number of anilines is 1. The van der Waals surface area contributed by atoms with Crippen molar-refractivity contribution in [1.29, 1.82) is 0 Å². The van der Waals surface area contributed by atoms with Crippen LogP contribution in [0.2, 0.25) is 0 Å². The highest BCUT2D eigenvalue weighted by atomic mass is 32.1. The highest BCUT2D eigenvalue weighted by Crippen LogP contribution is 2.29. The fraction of sp³-hybridized carbons (Fsp3) is 0.409. The minimum Gasteiger partial charge on any atom is -0.360 e. The number of benzene rings is 1. The Morgan fingerprint density at radius 2 is 1.90 bits per heavy atom. The molecule has 0 radical (unpaired) electrons. The van der Waals surface area contributed by atoms with Gasteiger partial charge in [0.25, 0.3) is 0 Å². The number of piperazine rings is 1. The molecule has 1 saturated heterocycles. The van der Waals surface area contributed by atoms with Gasteiger partial charge in [-0.15, -0.1) is 11.3 Å². The molecule has 1 N–H and O–H groups in total. The molecule has 29 heavy (non-hydrogen) atoms. The molecule has 3 aromatic rings. The van der Waals surface area contributed by atoms with Gasteiger partial charge in [-0.1, -0.05) is 37.3 Å². The minimum atomic E-state index is 0.125. The van der Waals surface area contributed by atoms with E-state index in [2.05, 4.69) is 57.4 Å². The van der Waals surface area contributed by atoms with Crippen molar-refractivity contribution in [2.75, 3.05) is 38.0 Å². The predicted octanol–water partition coefficient (Wildman–Crippen LogP) is 3.32. The molecule has 2 aromatic heterocycles. The maximum absolute atomic E-state index is 12.7. The van der Waals surface area contributed by atoms with E-state index in [1.54, 1.807) is 11.3 Å². The summed E-state index contributed by atoms with van der Waals surface area (Å²) in [6.07, 6.45) is 0.978. The highest BCUT2D eigenvalue weighted by molar-refractivity contribution is 7.18. The van der Waals surface area contributed by atoms with Crippen molar-refractivity contribution in [1.82, 2.24) is 19.8 Å². The number of thiophene rings is 1. The summed E-state index contributed by atoms with van der Waals surface area (Å²) in [5.41, 5.74) is 1.32. The zero-order valence-electron chi connectivity index (χ0n) is 17.0. The maximum Gasteiger partial charge on any atom is 0.242 e. The molecule has 0 saturated carbocycles. The average Bonchev–Trinajstić information content (AvgIpc) is 3.16. The third-order valence-electron chi connectivity index (χ3n) is 5.29. The van der Waals surface area contributed by atoms with E-state index in [1.807, 2.05) is 17.9 Å². The second-order valence-corrected chi connectivity index (χ2v) is 8.52. The number of fused-ring (bicyclic) bond motifs is 1. The van der Waals surface area contributed by atoms with Crippen LogP contribution < -0.4 is 5.32 Å². The van der Waals surface area contributed by atoms with Gasteiger partial charge < -0.3 is 10.2 Å². The van der Waals surface area contributed by atoms with Crippen molar-refractivity contribution in [2.45, 2.75) is 26.8 Å². The minimum absolute atomic E-state index is 0.125. The fourth-order valence-corrected chi connectivity index (χ4v) is 4.67. The SMILES string of the molecule is CCc1cc2c(NCC(=O)N3CCN(Cc4ccccc4)CC3)nc(C)nc2s1. The van der Waals surface area contributed by atoms with E-state index in [0.29, 0.717) is 0 Å². The van der Waals surface area contributed by atoms with Crippen molar-refractivity contribution in [2.24, 2.45) is 0 Å². The standard InChI is InChI=1S/C22H27N5OS/c1-3-18-13-19-21(24-16(2)25-22(19)29-18)23-14-20(28)27-11-9-26(10-12-27)15-17-7-5-4-6-8-17/h4-8,13H,3,9-12,14-15H2,1-2H3,(H,23,24,25). The van der Waals surface area contributed by atoms with Crippen molar-refractivity contribution >= 4 is 33.3 Å². The monoisotopic (exact) mass is 409 g/mol. The molecule has 4 rings (SSSR count). The van der Waals surface area contributed by atoms with Crippen LogP contribution in [0.5, 0.6) is 0 Å². The normalized spacial score (nSPS) is 15.0. The molecule has 1 aromatic carbocycles. The van der Waals surface area contributed by atoms with E-state index in [4.69, 9.17) is 0 Å². The number of carbonyl (C=O) groups excluding carboxylic acids is 1. The van der Waals surface area contributed by atoms with Crippen LogP contribution in [0, 0.1) is 6.92 Å². The first kappa shape index (κ1) is 19.8. The van der Waals surface area contributed by atoms with Crippen LogP contribution in [-0.2, 0) is 17.8 Å². The molecule has 3 heterocycles. The van der Waals surface area contributed by atoms with Gasteiger partial charge in [-0.2, -0.15) is 0 Å². The van der Waals surface area contributed by atoms with Gasteiger partial charge in [-0.25, -0.2) is 9.97 Å². The van der Waals surface area contributed by atoms with Gasteiger partial charge in [-0.3, -0.25) is 9.69 Å². The van der Waals surface area contributed by atoms with E-state index < -0.39 is 0 Å². The quantitative estimate of drug-likeness (QED) is 0.677. The number of hydrogen-bond donors (Lipinski definition) is 1. The summed E-state index contributed by atoms with van der Waals surface area (Å²) in [5, 5.41) is 4.28. The van der Waals surface area contributed by atoms with Gasteiger partial charge >= 0.3 is 0 Å². The highest BCUT2D eigenvalue weighted by Gasteiger charge is 2.21. The number of hydrogen-bond acceptors (Lipinski definition) is 6. The number of amides is 1. The number of nitrogens with one attached hydrogen (secondary N) is 1. The van der Waals surface area contributed by atoms with Crippen LogP contribution in [0.4, 0.5) is 5.82 Å². The molecule has 152 valence electrons. The molecule has 7 heteroatoms. The molecule has 1 amide bonds. The van der Waals surface area contributed by atoms with Crippen LogP contribution in [0.25, 0.3) is 10.2 Å². The second-order valence-electron chi connectivity index (χ2n) is 7.40. The zero-order chi connectivity index (χ0) is 20.2. The molecule has 0 atom stereocenters. The summed E-state index contributed by atoms with van der Waals surface area (Å²) in [4.78, 5) is 28.4. The lowest BCUT2D eigenvalue weighted by Gasteiger charge is -2.34. The first-order valence-corrected chi connectivity index (χ1v) is 11.0. The number of carbonyl (C=O) groups is 1. The lowest BCUT2D eigenvalue weighted by Crippen LogP contribution is -2.49. The summed E-state index contributed by atoms with van der Waals surface area (Å²) >= 11 is 1.70. The summed E-state index contributed by atoms with van der Waals surface area (Å²) in [7, 11) is 0. The van der Waals surface area contributed by atoms with Crippen LogP contribution in [0.1, 0.15) is 23.2 Å². The smallest absolute Gasteiger partial charge is 0.242 e. The van der Waals surface area contributed by atoms with E-state index in [0.717, 1.165) is 61.0 Å². The molecule has 6 nitrogen and oxygen atoms in total. The molecule has 1 fully saturated rings. The zero-order valence-corrected chi connectivity index (χ0v) is 17.8. The topological polar surface area (TPSA) is 61.4 Å². The molecule has 1 aliphatic heterocycles. The Balaban J connectivity index is 1.33. The number of rotatable bonds is 6. The molecule has 1 aliphatic rings. The molecule has 0 aliphatic carbocycles. The first-order valence-electron chi connectivity index (χ1n) is 10.2. The van der Waals surface area contributed by atoms with Gasteiger partial charge in [0.15, 0.2) is 0 Å². The molecule has 0 spiro atoms. The third kappa shape index (κ3) is 4.74. The second kappa shape index (κ2) is 8.88.